The maximum atomic E-state index is 11.0. The minimum absolute atomic E-state index is 0.603. The molecule has 76 valence electrons. The highest BCUT2D eigenvalue weighted by Crippen LogP contribution is 1.93. The molecule has 0 saturated carbocycles. The summed E-state index contributed by atoms with van der Waals surface area (Å²) in [4.78, 5) is 21.4. The van der Waals surface area contributed by atoms with Gasteiger partial charge in [-0.1, -0.05) is 0 Å². The van der Waals surface area contributed by atoms with Gasteiger partial charge in [0.25, 0.3) is 0 Å². The smallest absolute Gasteiger partial charge is 0.328 e. The minimum atomic E-state index is -1.31. The van der Waals surface area contributed by atoms with Crippen LogP contribution in [0.3, 0.4) is 0 Å². The van der Waals surface area contributed by atoms with Gasteiger partial charge in [0.1, 0.15) is 0 Å². The summed E-state index contributed by atoms with van der Waals surface area (Å²) >= 11 is 0. The molecule has 0 aromatic heterocycles. The lowest BCUT2D eigenvalue weighted by atomic mass is 10.1. The van der Waals surface area contributed by atoms with Crippen LogP contribution in [0, 0.1) is 0 Å². The van der Waals surface area contributed by atoms with Crippen molar-refractivity contribution in [1.82, 2.24) is 5.32 Å². The molecule has 0 fully saturated rings. The van der Waals surface area contributed by atoms with Gasteiger partial charge in [0.15, 0.2) is 6.04 Å². The first-order valence-electron chi connectivity index (χ1n) is 3.83. The number of nitrogens with two attached hydrogens (primary N) is 1. The van der Waals surface area contributed by atoms with Crippen LogP contribution in [0.15, 0.2) is 0 Å². The average Bonchev–Trinajstić information content (AvgIpc) is 1.97. The number of hydrogen-bond donors (Lipinski definition) is 4. The molecule has 0 aromatic rings. The van der Waals surface area contributed by atoms with Gasteiger partial charge in [-0.15, -0.1) is 0 Å². The van der Waals surface area contributed by atoms with E-state index in [1.807, 2.05) is 0 Å². The highest BCUT2D eigenvalue weighted by molar-refractivity contribution is 5.86. The van der Waals surface area contributed by atoms with E-state index in [4.69, 9.17) is 15.9 Å². The predicted molar refractivity (Wildman–Crippen MR) is 44.9 cm³/mol. The van der Waals surface area contributed by atoms with Crippen LogP contribution in [0.1, 0.15) is 13.8 Å². The summed E-state index contributed by atoms with van der Waals surface area (Å²) < 4.78 is 0. The lowest BCUT2D eigenvalue weighted by Crippen LogP contribution is -2.51. The fourth-order valence-corrected chi connectivity index (χ4v) is 0.673. The maximum absolute atomic E-state index is 11.0. The number of aliphatic hydroxyl groups is 1. The van der Waals surface area contributed by atoms with E-state index in [1.165, 1.54) is 13.8 Å². The van der Waals surface area contributed by atoms with Gasteiger partial charge in [0.05, 0.1) is 12.1 Å². The van der Waals surface area contributed by atoms with Crippen molar-refractivity contribution in [2.45, 2.75) is 32.0 Å². The average molecular weight is 190 g/mol. The lowest BCUT2D eigenvalue weighted by Gasteiger charge is -2.17. The van der Waals surface area contributed by atoms with Crippen LogP contribution in [-0.4, -0.2) is 40.3 Å². The molecule has 0 bridgehead atoms. The van der Waals surface area contributed by atoms with Crippen molar-refractivity contribution in [3.63, 3.8) is 0 Å². The minimum Gasteiger partial charge on any atom is -0.480 e. The zero-order chi connectivity index (χ0) is 10.6. The number of aliphatic hydroxyl groups excluding tert-OH is 1. The second-order valence-electron chi connectivity index (χ2n) is 2.85. The number of carbonyl (C=O) groups is 2. The van der Waals surface area contributed by atoms with Crippen LogP contribution in [-0.2, 0) is 9.59 Å². The molecule has 3 atom stereocenters. The first kappa shape index (κ1) is 11.9. The molecule has 0 spiro atoms. The number of carboxylic acids is 1. The Bertz CT molecular complexity index is 203. The maximum Gasteiger partial charge on any atom is 0.328 e. The van der Waals surface area contributed by atoms with Crippen molar-refractivity contribution < 1.29 is 19.8 Å². The van der Waals surface area contributed by atoms with E-state index in [0.29, 0.717) is 0 Å². The van der Waals surface area contributed by atoms with E-state index in [0.717, 1.165) is 0 Å². The van der Waals surface area contributed by atoms with Gasteiger partial charge in [0, 0.05) is 0 Å². The SMILES string of the molecule is C[C@H](O)[C@@H](NC(=O)[C@@H](C)N)C(=O)O. The van der Waals surface area contributed by atoms with Gasteiger partial charge < -0.3 is 21.3 Å². The predicted octanol–water partition coefficient (Wildman–Crippen LogP) is -1.72. The molecule has 0 radical (unpaired) electrons. The Morgan fingerprint density at radius 1 is 1.38 bits per heavy atom. The number of hydrogen-bond acceptors (Lipinski definition) is 4. The molecule has 0 aliphatic heterocycles. The van der Waals surface area contributed by atoms with Crippen molar-refractivity contribution >= 4 is 11.9 Å². The molecule has 6 heteroatoms. The number of nitrogens with one attached hydrogen (secondary N) is 1. The van der Waals surface area contributed by atoms with Crippen molar-refractivity contribution in [1.29, 1.82) is 0 Å². The Labute approximate surface area is 75.7 Å². The van der Waals surface area contributed by atoms with Gasteiger partial charge in [0.2, 0.25) is 5.91 Å². The zero-order valence-electron chi connectivity index (χ0n) is 7.52. The standard InChI is InChI=1S/C7H14N2O4/c1-3(8)6(11)9-5(4(2)10)7(12)13/h3-5,10H,8H2,1-2H3,(H,9,11)(H,12,13)/t3-,4+,5-/m1/s1. The lowest BCUT2D eigenvalue weighted by molar-refractivity contribution is -0.144. The Morgan fingerprint density at radius 3 is 2.08 bits per heavy atom. The van der Waals surface area contributed by atoms with Crippen LogP contribution in [0.25, 0.3) is 0 Å². The molecular formula is C7H14N2O4. The molecule has 0 rings (SSSR count). The van der Waals surface area contributed by atoms with E-state index < -0.39 is 30.1 Å². The second kappa shape index (κ2) is 4.78. The van der Waals surface area contributed by atoms with Crippen molar-refractivity contribution in [3.8, 4) is 0 Å². The molecule has 1 amide bonds. The Hall–Kier alpha value is -1.14. The van der Waals surface area contributed by atoms with E-state index in [-0.39, 0.29) is 0 Å². The second-order valence-corrected chi connectivity index (χ2v) is 2.85. The summed E-state index contributed by atoms with van der Waals surface area (Å²) in [6, 6.07) is -2.10. The van der Waals surface area contributed by atoms with Crippen LogP contribution in [0.2, 0.25) is 0 Å². The molecule has 0 unspecified atom stereocenters. The van der Waals surface area contributed by atoms with Crippen LogP contribution in [0.4, 0.5) is 0 Å². The first-order valence-corrected chi connectivity index (χ1v) is 3.83. The van der Waals surface area contributed by atoms with E-state index in [1.54, 1.807) is 0 Å². The quantitative estimate of drug-likeness (QED) is 0.421. The molecule has 5 N–H and O–H groups in total. The molecule has 13 heavy (non-hydrogen) atoms. The van der Waals surface area contributed by atoms with E-state index in [9.17, 15) is 9.59 Å². The number of carboxylic acid groups (broad SMARTS) is 1. The fraction of sp³-hybridized carbons (Fsp3) is 0.714. The number of rotatable bonds is 4. The van der Waals surface area contributed by atoms with Gasteiger partial charge in [-0.25, -0.2) is 4.79 Å². The summed E-state index contributed by atoms with van der Waals surface area (Å²) in [6.45, 7) is 2.70. The highest BCUT2D eigenvalue weighted by Gasteiger charge is 2.25. The summed E-state index contributed by atoms with van der Waals surface area (Å²) in [7, 11) is 0. The van der Waals surface area contributed by atoms with Crippen molar-refractivity contribution in [2.75, 3.05) is 0 Å². The van der Waals surface area contributed by atoms with Gasteiger partial charge in [-0.3, -0.25) is 4.79 Å². The summed E-state index contributed by atoms with van der Waals surface area (Å²) in [5.41, 5.74) is 5.20. The third kappa shape index (κ3) is 3.86. The number of carbonyl (C=O) groups excluding carboxylic acids is 1. The monoisotopic (exact) mass is 190 g/mol. The van der Waals surface area contributed by atoms with Crippen molar-refractivity contribution in [2.24, 2.45) is 5.73 Å². The summed E-state index contributed by atoms with van der Waals surface area (Å²) in [6.07, 6.45) is -1.15. The van der Waals surface area contributed by atoms with Crippen LogP contribution < -0.4 is 11.1 Å². The van der Waals surface area contributed by atoms with E-state index in [2.05, 4.69) is 5.32 Å². The third-order valence-corrected chi connectivity index (χ3v) is 1.46. The molecular weight excluding hydrogens is 176 g/mol. The molecule has 0 heterocycles. The van der Waals surface area contributed by atoms with Crippen LogP contribution in [0.5, 0.6) is 0 Å². The summed E-state index contributed by atoms with van der Waals surface area (Å²) in [5.74, 6) is -1.89. The molecule has 0 aromatic carbocycles. The zero-order valence-corrected chi connectivity index (χ0v) is 7.52. The molecule has 6 nitrogen and oxygen atoms in total. The van der Waals surface area contributed by atoms with Gasteiger partial charge in [-0.05, 0) is 13.8 Å². The molecule has 0 aliphatic rings. The van der Waals surface area contributed by atoms with Crippen molar-refractivity contribution in [3.05, 3.63) is 0 Å². The number of amides is 1. The van der Waals surface area contributed by atoms with Crippen LogP contribution >= 0.6 is 0 Å². The Kier molecular flexibility index (Phi) is 4.36. The first-order chi connectivity index (χ1) is 5.86. The largest absolute Gasteiger partial charge is 0.480 e. The topological polar surface area (TPSA) is 113 Å². The Morgan fingerprint density at radius 2 is 1.85 bits per heavy atom. The summed E-state index contributed by atoms with van der Waals surface area (Å²) in [5, 5.41) is 19.6. The van der Waals surface area contributed by atoms with Gasteiger partial charge >= 0.3 is 5.97 Å². The third-order valence-electron chi connectivity index (χ3n) is 1.46. The molecule has 0 saturated heterocycles. The van der Waals surface area contributed by atoms with Gasteiger partial charge in [-0.2, -0.15) is 0 Å². The fourth-order valence-electron chi connectivity index (χ4n) is 0.673. The number of aliphatic carboxylic acids is 1. The highest BCUT2D eigenvalue weighted by atomic mass is 16.4. The Balaban J connectivity index is 4.27. The normalized spacial score (nSPS) is 17.2. The van der Waals surface area contributed by atoms with E-state index >= 15 is 0 Å². The molecule has 0 aliphatic carbocycles.